The molecule has 110 valence electrons. The zero-order chi connectivity index (χ0) is 15.5. The maximum atomic E-state index is 11.9. The fourth-order valence-corrected chi connectivity index (χ4v) is 1.83. The Labute approximate surface area is 122 Å². The molecule has 1 amide bonds. The maximum absolute atomic E-state index is 11.9. The first-order chi connectivity index (χ1) is 9.88. The van der Waals surface area contributed by atoms with E-state index in [0.717, 1.165) is 11.3 Å². The molecule has 0 aliphatic carbocycles. The summed E-state index contributed by atoms with van der Waals surface area (Å²) >= 11 is 0. The summed E-state index contributed by atoms with van der Waals surface area (Å²) in [7, 11) is 0. The topological polar surface area (TPSA) is 95.1 Å². The van der Waals surface area contributed by atoms with E-state index in [1.807, 2.05) is 12.1 Å². The van der Waals surface area contributed by atoms with Gasteiger partial charge < -0.3 is 15.4 Å². The van der Waals surface area contributed by atoms with Crippen molar-refractivity contribution in [2.24, 2.45) is 5.41 Å². The van der Waals surface area contributed by atoms with Crippen LogP contribution in [0.3, 0.4) is 0 Å². The second-order valence-corrected chi connectivity index (χ2v) is 5.46. The lowest BCUT2D eigenvalue weighted by atomic mass is 9.89. The number of anilines is 1. The van der Waals surface area contributed by atoms with Crippen molar-refractivity contribution in [1.29, 1.82) is 0 Å². The quantitative estimate of drug-likeness (QED) is 0.787. The van der Waals surface area contributed by atoms with Crippen molar-refractivity contribution in [2.45, 2.75) is 20.3 Å². The van der Waals surface area contributed by atoms with Gasteiger partial charge in [0.15, 0.2) is 0 Å². The molecule has 3 N–H and O–H groups in total. The van der Waals surface area contributed by atoms with E-state index in [4.69, 9.17) is 5.11 Å². The molecule has 0 radical (unpaired) electrons. The molecule has 0 bridgehead atoms. The number of amides is 1. The highest BCUT2D eigenvalue weighted by Crippen LogP contribution is 2.22. The standard InChI is InChI=1S/C15H17N3O3/c1-15(2,14(20)21)7-13(19)18-11-5-3-10(4-6-11)12-8-16-9-17-12/h3-6,8-9H,7H2,1-2H3,(H,16,17)(H,18,19)(H,20,21). The molecule has 2 rings (SSSR count). The number of rotatable bonds is 5. The molecule has 2 aromatic rings. The summed E-state index contributed by atoms with van der Waals surface area (Å²) in [5.41, 5.74) is 1.39. The minimum atomic E-state index is -1.08. The van der Waals surface area contributed by atoms with Crippen LogP contribution in [0.25, 0.3) is 11.3 Å². The Morgan fingerprint density at radius 2 is 1.95 bits per heavy atom. The lowest BCUT2D eigenvalue weighted by Crippen LogP contribution is -2.29. The second kappa shape index (κ2) is 5.78. The molecule has 6 nitrogen and oxygen atoms in total. The van der Waals surface area contributed by atoms with Crippen molar-refractivity contribution >= 4 is 17.6 Å². The Balaban J connectivity index is 2.01. The Morgan fingerprint density at radius 1 is 1.29 bits per heavy atom. The Bertz CT molecular complexity index is 631. The average Bonchev–Trinajstić information content (AvgIpc) is 2.92. The number of carboxylic acids is 1. The molecule has 0 spiro atoms. The normalized spacial score (nSPS) is 11.1. The van der Waals surface area contributed by atoms with Crippen molar-refractivity contribution in [3.8, 4) is 11.3 Å². The third-order valence-corrected chi connectivity index (χ3v) is 3.16. The van der Waals surface area contributed by atoms with Crippen LogP contribution in [0.5, 0.6) is 0 Å². The number of carbonyl (C=O) groups excluding carboxylic acids is 1. The van der Waals surface area contributed by atoms with Crippen LogP contribution in [0.15, 0.2) is 36.8 Å². The largest absolute Gasteiger partial charge is 0.481 e. The Morgan fingerprint density at radius 3 is 2.48 bits per heavy atom. The number of hydrogen-bond donors (Lipinski definition) is 3. The predicted molar refractivity (Wildman–Crippen MR) is 78.7 cm³/mol. The van der Waals surface area contributed by atoms with E-state index < -0.39 is 11.4 Å². The van der Waals surface area contributed by atoms with Gasteiger partial charge in [-0.3, -0.25) is 9.59 Å². The van der Waals surface area contributed by atoms with Crippen LogP contribution >= 0.6 is 0 Å². The number of carbonyl (C=O) groups is 2. The van der Waals surface area contributed by atoms with Gasteiger partial charge in [-0.2, -0.15) is 0 Å². The van der Waals surface area contributed by atoms with Crippen LogP contribution in [-0.2, 0) is 9.59 Å². The van der Waals surface area contributed by atoms with Crippen LogP contribution in [0.2, 0.25) is 0 Å². The maximum Gasteiger partial charge on any atom is 0.309 e. The van der Waals surface area contributed by atoms with Gasteiger partial charge >= 0.3 is 5.97 Å². The number of aromatic nitrogens is 2. The van der Waals surface area contributed by atoms with E-state index in [9.17, 15) is 9.59 Å². The molecule has 0 unspecified atom stereocenters. The third-order valence-electron chi connectivity index (χ3n) is 3.16. The van der Waals surface area contributed by atoms with E-state index in [-0.39, 0.29) is 12.3 Å². The first-order valence-corrected chi connectivity index (χ1v) is 6.50. The summed E-state index contributed by atoms with van der Waals surface area (Å²) in [6, 6.07) is 7.24. The van der Waals surface area contributed by atoms with E-state index in [2.05, 4.69) is 15.3 Å². The van der Waals surface area contributed by atoms with Crippen molar-refractivity contribution in [2.75, 3.05) is 5.32 Å². The highest BCUT2D eigenvalue weighted by atomic mass is 16.4. The number of hydrogen-bond acceptors (Lipinski definition) is 3. The second-order valence-electron chi connectivity index (χ2n) is 5.46. The molecule has 0 saturated carbocycles. The molecule has 1 aromatic carbocycles. The molecule has 0 atom stereocenters. The molecule has 1 heterocycles. The number of nitrogens with one attached hydrogen (secondary N) is 2. The minimum Gasteiger partial charge on any atom is -0.481 e. The first-order valence-electron chi connectivity index (χ1n) is 6.50. The molecule has 0 aliphatic rings. The zero-order valence-corrected chi connectivity index (χ0v) is 11.9. The number of H-pyrrole nitrogens is 1. The number of aliphatic carboxylic acids is 1. The van der Waals surface area contributed by atoms with Gasteiger partial charge in [0.1, 0.15) is 0 Å². The molecule has 21 heavy (non-hydrogen) atoms. The van der Waals surface area contributed by atoms with Crippen LogP contribution in [-0.4, -0.2) is 27.0 Å². The van der Waals surface area contributed by atoms with Gasteiger partial charge in [0.2, 0.25) is 5.91 Å². The van der Waals surface area contributed by atoms with Gasteiger partial charge in [-0.25, -0.2) is 4.98 Å². The molecule has 0 aliphatic heterocycles. The highest BCUT2D eigenvalue weighted by Gasteiger charge is 2.30. The molecule has 0 saturated heterocycles. The first kappa shape index (κ1) is 14.8. The Kier molecular flexibility index (Phi) is 4.07. The summed E-state index contributed by atoms with van der Waals surface area (Å²) in [5, 5.41) is 11.7. The lowest BCUT2D eigenvalue weighted by Gasteiger charge is -2.18. The smallest absolute Gasteiger partial charge is 0.309 e. The molecular weight excluding hydrogens is 270 g/mol. The number of nitrogens with zero attached hydrogens (tertiary/aromatic N) is 1. The number of carboxylic acid groups (broad SMARTS) is 1. The SMILES string of the molecule is CC(C)(CC(=O)Nc1ccc(-c2cnc[nH]2)cc1)C(=O)O. The highest BCUT2D eigenvalue weighted by molar-refractivity contribution is 5.94. The fourth-order valence-electron chi connectivity index (χ4n) is 1.83. The minimum absolute atomic E-state index is 0.0787. The fraction of sp³-hybridized carbons (Fsp3) is 0.267. The van der Waals surface area contributed by atoms with Crippen molar-refractivity contribution in [3.63, 3.8) is 0 Å². The predicted octanol–water partition coefficient (Wildman–Crippen LogP) is 2.52. The zero-order valence-electron chi connectivity index (χ0n) is 11.9. The van der Waals surface area contributed by atoms with E-state index in [1.165, 1.54) is 13.8 Å². The molecule has 0 fully saturated rings. The summed E-state index contributed by atoms with van der Waals surface area (Å²) < 4.78 is 0. The monoisotopic (exact) mass is 287 g/mol. The van der Waals surface area contributed by atoms with Crippen LogP contribution in [0.4, 0.5) is 5.69 Å². The lowest BCUT2D eigenvalue weighted by molar-refractivity contribution is -0.148. The van der Waals surface area contributed by atoms with Gasteiger partial charge in [-0.05, 0) is 31.5 Å². The molecule has 6 heteroatoms. The summed E-state index contributed by atoms with van der Waals surface area (Å²) in [6.45, 7) is 3.05. The van der Waals surface area contributed by atoms with E-state index >= 15 is 0 Å². The number of aromatic amines is 1. The summed E-state index contributed by atoms with van der Waals surface area (Å²) in [5.74, 6) is -1.32. The average molecular weight is 287 g/mol. The van der Waals surface area contributed by atoms with Crippen LogP contribution in [0, 0.1) is 5.41 Å². The van der Waals surface area contributed by atoms with E-state index in [0.29, 0.717) is 5.69 Å². The number of imidazole rings is 1. The van der Waals surface area contributed by atoms with Crippen molar-refractivity contribution in [1.82, 2.24) is 9.97 Å². The van der Waals surface area contributed by atoms with Crippen LogP contribution < -0.4 is 5.32 Å². The van der Waals surface area contributed by atoms with E-state index in [1.54, 1.807) is 24.7 Å². The van der Waals surface area contributed by atoms with Gasteiger partial charge in [0.25, 0.3) is 0 Å². The molecular formula is C15H17N3O3. The summed E-state index contributed by atoms with van der Waals surface area (Å²) in [6.07, 6.45) is 3.23. The third kappa shape index (κ3) is 3.68. The van der Waals surface area contributed by atoms with Gasteiger partial charge in [-0.1, -0.05) is 12.1 Å². The van der Waals surface area contributed by atoms with Crippen LogP contribution in [0.1, 0.15) is 20.3 Å². The van der Waals surface area contributed by atoms with Crippen molar-refractivity contribution < 1.29 is 14.7 Å². The number of benzene rings is 1. The summed E-state index contributed by atoms with van der Waals surface area (Å²) in [4.78, 5) is 29.8. The Hall–Kier alpha value is -2.63. The van der Waals surface area contributed by atoms with Crippen molar-refractivity contribution in [3.05, 3.63) is 36.8 Å². The van der Waals surface area contributed by atoms with Gasteiger partial charge in [0.05, 0.1) is 23.6 Å². The molecule has 1 aromatic heterocycles. The van der Waals surface area contributed by atoms with Gasteiger partial charge in [0, 0.05) is 12.1 Å². The van der Waals surface area contributed by atoms with Gasteiger partial charge in [-0.15, -0.1) is 0 Å².